The normalized spacial score (nSPS) is 15.6. The van der Waals surface area contributed by atoms with Crippen LogP contribution in [0.2, 0.25) is 0 Å². The smallest absolute Gasteiger partial charge is 0.0551 e. The number of allylic oxidation sites excluding steroid dienone is 8. The minimum atomic E-state index is 0.239. The zero-order chi connectivity index (χ0) is 16.3. The fraction of sp³-hybridized carbons (Fsp3) is 0.182. The maximum Gasteiger partial charge on any atom is 0.0551 e. The molecule has 23 heavy (non-hydrogen) atoms. The fourth-order valence-corrected chi connectivity index (χ4v) is 2.66. The molecule has 1 aliphatic rings. The van der Waals surface area contributed by atoms with Gasteiger partial charge in [0.15, 0.2) is 0 Å². The Hall–Kier alpha value is -2.54. The van der Waals surface area contributed by atoms with Gasteiger partial charge >= 0.3 is 0 Å². The maximum absolute atomic E-state index is 4.06. The average Bonchev–Trinajstić information content (AvgIpc) is 2.62. The number of benzene rings is 1. The van der Waals surface area contributed by atoms with Gasteiger partial charge < -0.3 is 4.90 Å². The van der Waals surface area contributed by atoms with E-state index in [9.17, 15) is 0 Å². The van der Waals surface area contributed by atoms with Crippen molar-refractivity contribution in [2.24, 2.45) is 0 Å². The van der Waals surface area contributed by atoms with Crippen LogP contribution in [0.15, 0.2) is 104 Å². The molecule has 0 heterocycles. The van der Waals surface area contributed by atoms with E-state index in [1.165, 1.54) is 11.3 Å². The van der Waals surface area contributed by atoms with Gasteiger partial charge in [-0.05, 0) is 37.0 Å². The molecule has 0 saturated heterocycles. The van der Waals surface area contributed by atoms with Crippen molar-refractivity contribution in [3.63, 3.8) is 0 Å². The Labute approximate surface area is 140 Å². The summed E-state index contributed by atoms with van der Waals surface area (Å²) in [5.41, 5.74) is 2.65. The summed E-state index contributed by atoms with van der Waals surface area (Å²) >= 11 is 0. The van der Waals surface area contributed by atoms with Gasteiger partial charge in [-0.25, -0.2) is 0 Å². The highest BCUT2D eigenvalue weighted by atomic mass is 15.1. The minimum absolute atomic E-state index is 0.239. The SMILES string of the molecule is C=CC=CC=CN(C1=CC=CCC1)C(C=C)Cc1ccccc1. The first-order valence-corrected chi connectivity index (χ1v) is 8.11. The Balaban J connectivity index is 2.22. The number of hydrogen-bond acceptors (Lipinski definition) is 1. The van der Waals surface area contributed by atoms with E-state index in [-0.39, 0.29) is 6.04 Å². The van der Waals surface area contributed by atoms with E-state index in [1.807, 2.05) is 18.2 Å². The molecule has 1 aromatic rings. The number of hydrogen-bond donors (Lipinski definition) is 0. The Morgan fingerprint density at radius 2 is 1.91 bits per heavy atom. The van der Waals surface area contributed by atoms with Crippen LogP contribution >= 0.6 is 0 Å². The molecule has 0 saturated carbocycles. The summed E-state index contributed by atoms with van der Waals surface area (Å²) in [5.74, 6) is 0. The third-order valence-corrected chi connectivity index (χ3v) is 3.85. The van der Waals surface area contributed by atoms with E-state index >= 15 is 0 Å². The van der Waals surface area contributed by atoms with Gasteiger partial charge in [0.1, 0.15) is 0 Å². The standard InChI is InChI=1S/C22H25N/c1-3-5-6-13-18-23(22-16-11-8-12-17-22)21(4-2)19-20-14-9-7-10-15-20/h3-11,13-16,18,21H,1-2,12,17,19H2. The van der Waals surface area contributed by atoms with E-state index in [4.69, 9.17) is 0 Å². The summed E-state index contributed by atoms with van der Waals surface area (Å²) in [5, 5.41) is 0. The third-order valence-electron chi connectivity index (χ3n) is 3.85. The van der Waals surface area contributed by atoms with E-state index in [0.29, 0.717) is 0 Å². The van der Waals surface area contributed by atoms with Gasteiger partial charge in [-0.15, -0.1) is 6.58 Å². The van der Waals surface area contributed by atoms with Crippen LogP contribution in [0, 0.1) is 0 Å². The van der Waals surface area contributed by atoms with Crippen molar-refractivity contribution in [1.29, 1.82) is 0 Å². The lowest BCUT2D eigenvalue weighted by atomic mass is 10.0. The minimum Gasteiger partial charge on any atom is -0.344 e. The zero-order valence-electron chi connectivity index (χ0n) is 13.6. The molecule has 2 rings (SSSR count). The molecule has 1 atom stereocenters. The van der Waals surface area contributed by atoms with E-state index < -0.39 is 0 Å². The van der Waals surface area contributed by atoms with Gasteiger partial charge in [-0.1, -0.05) is 73.4 Å². The number of rotatable bonds is 8. The molecule has 0 aromatic heterocycles. The topological polar surface area (TPSA) is 3.24 Å². The van der Waals surface area contributed by atoms with Crippen molar-refractivity contribution in [3.8, 4) is 0 Å². The first kappa shape index (κ1) is 16.8. The third kappa shape index (κ3) is 5.30. The lowest BCUT2D eigenvalue weighted by Crippen LogP contribution is -2.30. The van der Waals surface area contributed by atoms with Crippen LogP contribution in [0.5, 0.6) is 0 Å². The van der Waals surface area contributed by atoms with Gasteiger partial charge in [0.05, 0.1) is 6.04 Å². The van der Waals surface area contributed by atoms with Crippen molar-refractivity contribution in [3.05, 3.63) is 110 Å². The Morgan fingerprint density at radius 3 is 2.57 bits per heavy atom. The second-order valence-electron chi connectivity index (χ2n) is 5.49. The lowest BCUT2D eigenvalue weighted by molar-refractivity contribution is 0.376. The molecule has 1 nitrogen and oxygen atoms in total. The largest absolute Gasteiger partial charge is 0.344 e. The predicted molar refractivity (Wildman–Crippen MR) is 101 cm³/mol. The quantitative estimate of drug-likeness (QED) is 0.448. The van der Waals surface area contributed by atoms with Gasteiger partial charge in [-0.3, -0.25) is 0 Å². The first-order chi connectivity index (χ1) is 11.3. The van der Waals surface area contributed by atoms with Crippen molar-refractivity contribution >= 4 is 0 Å². The second kappa shape index (κ2) is 9.47. The molecular formula is C22H25N. The molecule has 0 N–H and O–H groups in total. The van der Waals surface area contributed by atoms with Crippen molar-refractivity contribution in [1.82, 2.24) is 4.90 Å². The highest BCUT2D eigenvalue weighted by Crippen LogP contribution is 2.22. The van der Waals surface area contributed by atoms with Crippen LogP contribution < -0.4 is 0 Å². The van der Waals surface area contributed by atoms with Gasteiger partial charge in [0, 0.05) is 11.9 Å². The molecule has 118 valence electrons. The average molecular weight is 303 g/mol. The highest BCUT2D eigenvalue weighted by Gasteiger charge is 2.16. The molecule has 0 bridgehead atoms. The van der Waals surface area contributed by atoms with Gasteiger partial charge in [0.25, 0.3) is 0 Å². The number of nitrogens with zero attached hydrogens (tertiary/aromatic N) is 1. The van der Waals surface area contributed by atoms with Gasteiger partial charge in [0.2, 0.25) is 0 Å². The van der Waals surface area contributed by atoms with E-state index in [2.05, 4.69) is 78.9 Å². The van der Waals surface area contributed by atoms with Crippen LogP contribution in [0.25, 0.3) is 0 Å². The van der Waals surface area contributed by atoms with Crippen molar-refractivity contribution in [2.75, 3.05) is 0 Å². The zero-order valence-corrected chi connectivity index (χ0v) is 13.6. The van der Waals surface area contributed by atoms with Crippen molar-refractivity contribution < 1.29 is 0 Å². The molecule has 0 spiro atoms. The maximum atomic E-state index is 4.06. The second-order valence-corrected chi connectivity index (χ2v) is 5.49. The molecule has 1 heteroatoms. The molecule has 1 aromatic carbocycles. The van der Waals surface area contributed by atoms with Crippen LogP contribution in [0.4, 0.5) is 0 Å². The van der Waals surface area contributed by atoms with Crippen molar-refractivity contribution in [2.45, 2.75) is 25.3 Å². The Bertz CT molecular complexity index is 617. The summed E-state index contributed by atoms with van der Waals surface area (Å²) < 4.78 is 0. The predicted octanol–water partition coefficient (Wildman–Crippen LogP) is 5.58. The molecule has 0 amide bonds. The van der Waals surface area contributed by atoms with Crippen LogP contribution in [-0.4, -0.2) is 10.9 Å². The highest BCUT2D eigenvalue weighted by molar-refractivity contribution is 5.24. The molecule has 1 aliphatic carbocycles. The first-order valence-electron chi connectivity index (χ1n) is 8.11. The monoisotopic (exact) mass is 303 g/mol. The van der Waals surface area contributed by atoms with Gasteiger partial charge in [-0.2, -0.15) is 0 Å². The summed E-state index contributed by atoms with van der Waals surface area (Å²) in [6, 6.07) is 10.8. The Kier molecular flexibility index (Phi) is 6.93. The lowest BCUT2D eigenvalue weighted by Gasteiger charge is -2.31. The fourth-order valence-electron chi connectivity index (χ4n) is 2.66. The molecular weight excluding hydrogens is 278 g/mol. The molecule has 1 unspecified atom stereocenters. The molecule has 0 radical (unpaired) electrons. The van der Waals surface area contributed by atoms with Crippen LogP contribution in [-0.2, 0) is 6.42 Å². The molecule has 0 fully saturated rings. The summed E-state index contributed by atoms with van der Waals surface area (Å²) in [6.07, 6.45) is 21.6. The summed E-state index contributed by atoms with van der Waals surface area (Å²) in [4.78, 5) is 2.33. The van der Waals surface area contributed by atoms with Crippen LogP contribution in [0.3, 0.4) is 0 Å². The summed E-state index contributed by atoms with van der Waals surface area (Å²) in [6.45, 7) is 7.77. The van der Waals surface area contributed by atoms with E-state index in [0.717, 1.165) is 19.3 Å². The summed E-state index contributed by atoms with van der Waals surface area (Å²) in [7, 11) is 0. The van der Waals surface area contributed by atoms with E-state index in [1.54, 1.807) is 6.08 Å². The van der Waals surface area contributed by atoms with Crippen LogP contribution in [0.1, 0.15) is 18.4 Å². The Morgan fingerprint density at radius 1 is 1.09 bits per heavy atom. The molecule has 0 aliphatic heterocycles.